The van der Waals surface area contributed by atoms with E-state index in [1.54, 1.807) is 12.4 Å². The van der Waals surface area contributed by atoms with E-state index in [1.165, 1.54) is 0 Å². The molecular weight excluding hydrogens is 202 g/mol. The maximum atomic E-state index is 11.4. The van der Waals surface area contributed by atoms with Gasteiger partial charge < -0.3 is 10.6 Å². The fourth-order valence-corrected chi connectivity index (χ4v) is 1.25. The molecule has 1 amide bonds. The number of nitrogens with zero attached hydrogens (tertiary/aromatic N) is 1. The molecule has 1 aromatic heterocycles. The van der Waals surface area contributed by atoms with Crippen LogP contribution < -0.4 is 10.6 Å². The predicted molar refractivity (Wildman–Crippen MR) is 63.8 cm³/mol. The van der Waals surface area contributed by atoms with Crippen LogP contribution in [0.3, 0.4) is 0 Å². The van der Waals surface area contributed by atoms with Crippen LogP contribution in [0.4, 0.5) is 0 Å². The lowest BCUT2D eigenvalue weighted by Crippen LogP contribution is -2.38. The van der Waals surface area contributed by atoms with E-state index in [0.29, 0.717) is 13.1 Å². The Morgan fingerprint density at radius 3 is 2.75 bits per heavy atom. The van der Waals surface area contributed by atoms with Gasteiger partial charge in [0.2, 0.25) is 5.91 Å². The molecule has 1 rings (SSSR count). The van der Waals surface area contributed by atoms with Crippen LogP contribution in [-0.2, 0) is 11.3 Å². The molecule has 0 aliphatic rings. The summed E-state index contributed by atoms with van der Waals surface area (Å²) in [4.78, 5) is 15.3. The minimum absolute atomic E-state index is 0.0448. The van der Waals surface area contributed by atoms with E-state index in [4.69, 9.17) is 0 Å². The second-order valence-corrected chi connectivity index (χ2v) is 3.84. The third-order valence-corrected chi connectivity index (χ3v) is 2.38. The third-order valence-electron chi connectivity index (χ3n) is 2.38. The van der Waals surface area contributed by atoms with Crippen molar-refractivity contribution in [1.82, 2.24) is 15.6 Å². The number of carbonyl (C=O) groups is 1. The summed E-state index contributed by atoms with van der Waals surface area (Å²) in [6, 6.07) is 4.11. The number of aromatic nitrogens is 1. The minimum Gasteiger partial charge on any atom is -0.353 e. The Morgan fingerprint density at radius 1 is 1.44 bits per heavy atom. The molecule has 0 aliphatic heterocycles. The zero-order valence-electron chi connectivity index (χ0n) is 9.86. The van der Waals surface area contributed by atoms with Crippen LogP contribution in [0.15, 0.2) is 24.5 Å². The van der Waals surface area contributed by atoms with Gasteiger partial charge in [0.1, 0.15) is 0 Å². The van der Waals surface area contributed by atoms with E-state index in [0.717, 1.165) is 12.0 Å². The molecule has 2 N–H and O–H groups in total. The fraction of sp³-hybridized carbons (Fsp3) is 0.500. The maximum absolute atomic E-state index is 11.4. The highest BCUT2D eigenvalue weighted by Gasteiger charge is 2.04. The van der Waals surface area contributed by atoms with Gasteiger partial charge in [-0.05, 0) is 31.0 Å². The summed E-state index contributed by atoms with van der Waals surface area (Å²) in [5, 5.41) is 5.99. The quantitative estimate of drug-likeness (QED) is 0.756. The van der Waals surface area contributed by atoms with Gasteiger partial charge in [0.25, 0.3) is 0 Å². The van der Waals surface area contributed by atoms with Crippen molar-refractivity contribution in [3.05, 3.63) is 30.1 Å². The highest BCUT2D eigenvalue weighted by atomic mass is 16.1. The van der Waals surface area contributed by atoms with Crippen LogP contribution >= 0.6 is 0 Å². The van der Waals surface area contributed by atoms with Gasteiger partial charge >= 0.3 is 0 Å². The molecule has 0 fully saturated rings. The fourth-order valence-electron chi connectivity index (χ4n) is 1.25. The van der Waals surface area contributed by atoms with Crippen LogP contribution in [0, 0.1) is 0 Å². The Balaban J connectivity index is 2.18. The summed E-state index contributed by atoms with van der Waals surface area (Å²) in [5.41, 5.74) is 1.13. The largest absolute Gasteiger partial charge is 0.353 e. The van der Waals surface area contributed by atoms with E-state index in [2.05, 4.69) is 22.5 Å². The van der Waals surface area contributed by atoms with Gasteiger partial charge in [-0.1, -0.05) is 6.92 Å². The van der Waals surface area contributed by atoms with Crippen LogP contribution in [0.25, 0.3) is 0 Å². The zero-order valence-corrected chi connectivity index (χ0v) is 9.86. The molecule has 0 aromatic carbocycles. The number of rotatable bonds is 6. The molecule has 88 valence electrons. The molecule has 0 radical (unpaired) electrons. The molecular formula is C12H19N3O. The number of nitrogens with one attached hydrogen (secondary N) is 2. The number of pyridine rings is 1. The molecule has 0 saturated heterocycles. The highest BCUT2D eigenvalue weighted by molar-refractivity contribution is 5.78. The van der Waals surface area contributed by atoms with Gasteiger partial charge in [0.05, 0.1) is 6.54 Å². The minimum atomic E-state index is 0.0448. The standard InChI is InChI=1S/C12H19N3O/c1-3-10(2)15-12(16)9-14-8-11-4-6-13-7-5-11/h4-7,10,14H,3,8-9H2,1-2H3,(H,15,16). The van der Waals surface area contributed by atoms with Gasteiger partial charge in [-0.2, -0.15) is 0 Å². The summed E-state index contributed by atoms with van der Waals surface area (Å²) in [7, 11) is 0. The zero-order chi connectivity index (χ0) is 11.8. The van der Waals surface area contributed by atoms with Crippen molar-refractivity contribution < 1.29 is 4.79 Å². The molecule has 1 aromatic rings. The molecule has 0 aliphatic carbocycles. The normalized spacial score (nSPS) is 12.1. The smallest absolute Gasteiger partial charge is 0.234 e. The average molecular weight is 221 g/mol. The maximum Gasteiger partial charge on any atom is 0.234 e. The van der Waals surface area contributed by atoms with E-state index < -0.39 is 0 Å². The number of hydrogen-bond acceptors (Lipinski definition) is 3. The van der Waals surface area contributed by atoms with E-state index in [9.17, 15) is 4.79 Å². The first-order valence-corrected chi connectivity index (χ1v) is 5.61. The number of hydrogen-bond donors (Lipinski definition) is 2. The lowest BCUT2D eigenvalue weighted by molar-refractivity contribution is -0.120. The number of carbonyl (C=O) groups excluding carboxylic acids is 1. The van der Waals surface area contributed by atoms with Crippen LogP contribution in [0.5, 0.6) is 0 Å². The lowest BCUT2D eigenvalue weighted by atomic mass is 10.2. The average Bonchev–Trinajstić information content (AvgIpc) is 2.30. The molecule has 1 atom stereocenters. The summed E-state index contributed by atoms with van der Waals surface area (Å²) in [6.45, 7) is 5.10. The number of amides is 1. The second kappa shape index (κ2) is 6.95. The molecule has 0 saturated carbocycles. The SMILES string of the molecule is CCC(C)NC(=O)CNCc1ccncc1. The van der Waals surface area contributed by atoms with Crippen LogP contribution in [0.1, 0.15) is 25.8 Å². The first kappa shape index (κ1) is 12.6. The Bertz CT molecular complexity index is 313. The molecule has 0 spiro atoms. The van der Waals surface area contributed by atoms with Crippen molar-refractivity contribution in [3.63, 3.8) is 0 Å². The first-order chi connectivity index (χ1) is 7.72. The van der Waals surface area contributed by atoms with E-state index >= 15 is 0 Å². The molecule has 4 nitrogen and oxygen atoms in total. The topological polar surface area (TPSA) is 54.0 Å². The summed E-state index contributed by atoms with van der Waals surface area (Å²) >= 11 is 0. The molecule has 4 heteroatoms. The van der Waals surface area contributed by atoms with Crippen LogP contribution in [0.2, 0.25) is 0 Å². The predicted octanol–water partition coefficient (Wildman–Crippen LogP) is 1.09. The summed E-state index contributed by atoms with van der Waals surface area (Å²) in [5.74, 6) is 0.0448. The summed E-state index contributed by atoms with van der Waals surface area (Å²) < 4.78 is 0. The van der Waals surface area contributed by atoms with Crippen molar-refractivity contribution in [2.45, 2.75) is 32.9 Å². The molecule has 16 heavy (non-hydrogen) atoms. The molecule has 1 unspecified atom stereocenters. The van der Waals surface area contributed by atoms with Crippen LogP contribution in [-0.4, -0.2) is 23.5 Å². The monoisotopic (exact) mass is 221 g/mol. The van der Waals surface area contributed by atoms with Gasteiger partial charge in [-0.25, -0.2) is 0 Å². The third kappa shape index (κ3) is 4.89. The van der Waals surface area contributed by atoms with Gasteiger partial charge in [-0.3, -0.25) is 9.78 Å². The van der Waals surface area contributed by atoms with Crippen molar-refractivity contribution >= 4 is 5.91 Å². The van der Waals surface area contributed by atoms with Crippen molar-refractivity contribution in [2.75, 3.05) is 6.54 Å². The Labute approximate surface area is 96.5 Å². The highest BCUT2D eigenvalue weighted by Crippen LogP contribution is 1.94. The Hall–Kier alpha value is -1.42. The second-order valence-electron chi connectivity index (χ2n) is 3.84. The van der Waals surface area contributed by atoms with E-state index in [-0.39, 0.29) is 11.9 Å². The van der Waals surface area contributed by atoms with Gasteiger partial charge in [0.15, 0.2) is 0 Å². The van der Waals surface area contributed by atoms with Crippen molar-refractivity contribution in [3.8, 4) is 0 Å². The van der Waals surface area contributed by atoms with Gasteiger partial charge in [-0.15, -0.1) is 0 Å². The van der Waals surface area contributed by atoms with Crippen molar-refractivity contribution in [1.29, 1.82) is 0 Å². The van der Waals surface area contributed by atoms with E-state index in [1.807, 2.05) is 19.1 Å². The Kier molecular flexibility index (Phi) is 5.50. The molecule has 1 heterocycles. The molecule has 0 bridgehead atoms. The Morgan fingerprint density at radius 2 is 2.12 bits per heavy atom. The summed E-state index contributed by atoms with van der Waals surface area (Å²) in [6.07, 6.45) is 4.45. The van der Waals surface area contributed by atoms with Crippen molar-refractivity contribution in [2.24, 2.45) is 0 Å². The van der Waals surface area contributed by atoms with Gasteiger partial charge in [0, 0.05) is 25.0 Å². The first-order valence-electron chi connectivity index (χ1n) is 5.61. The lowest BCUT2D eigenvalue weighted by Gasteiger charge is -2.11.